The zero-order valence-electron chi connectivity index (χ0n) is 11.7. The average Bonchev–Trinajstić information content (AvgIpc) is 2.76. The Labute approximate surface area is 137 Å². The largest absolute Gasteiger partial charge is 0.315 e. The van der Waals surface area contributed by atoms with Crippen LogP contribution in [0.4, 0.5) is 0 Å². The lowest BCUT2D eigenvalue weighted by Gasteiger charge is -2.35. The van der Waals surface area contributed by atoms with Crippen LogP contribution in [0.25, 0.3) is 0 Å². The summed E-state index contributed by atoms with van der Waals surface area (Å²) in [6.07, 6.45) is 2.08. The highest BCUT2D eigenvalue weighted by Crippen LogP contribution is 2.29. The highest BCUT2D eigenvalue weighted by molar-refractivity contribution is 7.88. The van der Waals surface area contributed by atoms with Crippen LogP contribution in [0.3, 0.4) is 0 Å². The summed E-state index contributed by atoms with van der Waals surface area (Å²) in [6, 6.07) is 7.26. The third-order valence-corrected chi connectivity index (χ3v) is 6.43. The van der Waals surface area contributed by atoms with Gasteiger partial charge in [-0.1, -0.05) is 29.8 Å². The van der Waals surface area contributed by atoms with Crippen molar-refractivity contribution in [2.24, 2.45) is 5.92 Å². The molecule has 0 saturated carbocycles. The first kappa shape index (κ1) is 17.0. The van der Waals surface area contributed by atoms with E-state index in [-0.39, 0.29) is 24.2 Å². The molecule has 4 nitrogen and oxygen atoms in total. The second kappa shape index (κ2) is 6.84. The van der Waals surface area contributed by atoms with Crippen LogP contribution in [0.1, 0.15) is 18.4 Å². The van der Waals surface area contributed by atoms with Crippen molar-refractivity contribution in [1.82, 2.24) is 9.62 Å². The first-order valence-corrected chi connectivity index (χ1v) is 8.98. The van der Waals surface area contributed by atoms with Gasteiger partial charge >= 0.3 is 0 Å². The number of nitrogens with one attached hydrogen (secondary N) is 1. The summed E-state index contributed by atoms with van der Waals surface area (Å²) in [5.41, 5.74) is 0.683. The summed E-state index contributed by atoms with van der Waals surface area (Å²) in [6.45, 7) is 2.33. The minimum absolute atomic E-state index is 0. The van der Waals surface area contributed by atoms with Gasteiger partial charge in [0.25, 0.3) is 0 Å². The van der Waals surface area contributed by atoms with Gasteiger partial charge in [0, 0.05) is 24.2 Å². The topological polar surface area (TPSA) is 49.4 Å². The summed E-state index contributed by atoms with van der Waals surface area (Å²) in [7, 11) is -3.30. The second-order valence-corrected chi connectivity index (χ2v) is 8.00. The lowest BCUT2D eigenvalue weighted by atomic mass is 9.97. The van der Waals surface area contributed by atoms with E-state index in [0.29, 0.717) is 23.0 Å². The van der Waals surface area contributed by atoms with E-state index in [1.54, 1.807) is 16.4 Å². The van der Waals surface area contributed by atoms with E-state index >= 15 is 0 Å². The van der Waals surface area contributed by atoms with E-state index in [2.05, 4.69) is 5.32 Å². The van der Waals surface area contributed by atoms with Crippen molar-refractivity contribution in [2.75, 3.05) is 19.6 Å². The van der Waals surface area contributed by atoms with Crippen molar-refractivity contribution in [3.8, 4) is 0 Å². The van der Waals surface area contributed by atoms with Gasteiger partial charge in [-0.25, -0.2) is 8.42 Å². The SMILES string of the molecule is Cl.O=S(=O)(Cc1ccccc1Cl)N1C[C@@H]2CC[C@H]1CNC2. The number of hydrogen-bond acceptors (Lipinski definition) is 3. The Morgan fingerprint density at radius 2 is 2.00 bits per heavy atom. The molecule has 21 heavy (non-hydrogen) atoms. The van der Waals surface area contributed by atoms with Crippen molar-refractivity contribution in [3.63, 3.8) is 0 Å². The Hall–Kier alpha value is -0.330. The molecule has 2 atom stereocenters. The second-order valence-electron chi connectivity index (χ2n) is 5.67. The van der Waals surface area contributed by atoms with Crippen molar-refractivity contribution < 1.29 is 8.42 Å². The van der Waals surface area contributed by atoms with Gasteiger partial charge in [-0.15, -0.1) is 12.4 Å². The maximum Gasteiger partial charge on any atom is 0.218 e. The van der Waals surface area contributed by atoms with Crippen LogP contribution in [0.2, 0.25) is 5.02 Å². The molecule has 3 saturated heterocycles. The van der Waals surface area contributed by atoms with Gasteiger partial charge in [0.1, 0.15) is 0 Å². The molecule has 3 aliphatic rings. The number of benzene rings is 1. The first-order valence-electron chi connectivity index (χ1n) is 7.00. The third-order valence-electron chi connectivity index (χ3n) is 4.22. The molecule has 3 fully saturated rings. The monoisotopic (exact) mass is 350 g/mol. The van der Waals surface area contributed by atoms with Gasteiger partial charge in [0.2, 0.25) is 10.0 Å². The Balaban J connectivity index is 0.00000161. The summed E-state index contributed by atoms with van der Waals surface area (Å²) < 4.78 is 27.1. The van der Waals surface area contributed by atoms with Crippen molar-refractivity contribution in [3.05, 3.63) is 34.9 Å². The molecule has 0 aliphatic carbocycles. The molecule has 1 aromatic rings. The lowest BCUT2D eigenvalue weighted by Crippen LogP contribution is -2.47. The number of hydrogen-bond donors (Lipinski definition) is 1. The quantitative estimate of drug-likeness (QED) is 0.909. The molecule has 0 unspecified atom stereocenters. The maximum absolute atomic E-state index is 12.7. The molecule has 3 aliphatic heterocycles. The summed E-state index contributed by atoms with van der Waals surface area (Å²) in [4.78, 5) is 0. The molecule has 1 N–H and O–H groups in total. The van der Waals surface area contributed by atoms with E-state index in [1.165, 1.54) is 0 Å². The zero-order valence-corrected chi connectivity index (χ0v) is 14.1. The zero-order chi connectivity index (χ0) is 14.2. The predicted octanol–water partition coefficient (Wildman–Crippen LogP) is 2.28. The minimum atomic E-state index is -3.30. The Kier molecular flexibility index (Phi) is 5.54. The molecule has 118 valence electrons. The normalized spacial score (nSPS) is 26.1. The van der Waals surface area contributed by atoms with Crippen LogP contribution in [-0.4, -0.2) is 38.4 Å². The Morgan fingerprint density at radius 1 is 1.24 bits per heavy atom. The van der Waals surface area contributed by atoms with Crippen LogP contribution in [0.15, 0.2) is 24.3 Å². The standard InChI is InChI=1S/C14H19ClN2O2S.ClH/c15-14-4-2-1-3-12(14)10-20(18,19)17-9-11-5-6-13(17)8-16-7-11;/h1-4,11,13,16H,5-10H2;1H/t11-,13+;/m1./s1. The molecule has 7 heteroatoms. The number of halogens is 2. The van der Waals surface area contributed by atoms with Crippen molar-refractivity contribution in [2.45, 2.75) is 24.6 Å². The fourth-order valence-electron chi connectivity index (χ4n) is 3.13. The highest BCUT2D eigenvalue weighted by atomic mass is 35.5. The molecule has 3 heterocycles. The van der Waals surface area contributed by atoms with Crippen LogP contribution in [0.5, 0.6) is 0 Å². The van der Waals surface area contributed by atoms with E-state index in [9.17, 15) is 8.42 Å². The van der Waals surface area contributed by atoms with Crippen LogP contribution >= 0.6 is 24.0 Å². The van der Waals surface area contributed by atoms with Crippen molar-refractivity contribution in [1.29, 1.82) is 0 Å². The number of sulfonamides is 1. The van der Waals surface area contributed by atoms with Crippen LogP contribution < -0.4 is 5.32 Å². The first-order chi connectivity index (χ1) is 9.56. The third kappa shape index (κ3) is 3.71. The van der Waals surface area contributed by atoms with E-state index in [1.807, 2.05) is 12.1 Å². The molecule has 0 spiro atoms. The number of rotatable bonds is 3. The van der Waals surface area contributed by atoms with Gasteiger partial charge in [-0.3, -0.25) is 0 Å². The smallest absolute Gasteiger partial charge is 0.218 e. The van der Waals surface area contributed by atoms with Gasteiger partial charge in [-0.2, -0.15) is 4.31 Å². The summed E-state index contributed by atoms with van der Waals surface area (Å²) >= 11 is 6.09. The van der Waals surface area contributed by atoms with Crippen LogP contribution in [-0.2, 0) is 15.8 Å². The summed E-state index contributed by atoms with van der Waals surface area (Å²) in [5.74, 6) is 0.436. The molecule has 0 aromatic heterocycles. The maximum atomic E-state index is 12.7. The summed E-state index contributed by atoms with van der Waals surface area (Å²) in [5, 5.41) is 3.88. The minimum Gasteiger partial charge on any atom is -0.315 e. The average molecular weight is 351 g/mol. The molecule has 4 rings (SSSR count). The highest BCUT2D eigenvalue weighted by Gasteiger charge is 2.38. The van der Waals surface area contributed by atoms with Gasteiger partial charge < -0.3 is 5.32 Å². The van der Waals surface area contributed by atoms with E-state index < -0.39 is 10.0 Å². The van der Waals surface area contributed by atoms with E-state index in [0.717, 1.165) is 25.9 Å². The number of fused-ring (bicyclic) bond motifs is 4. The molecule has 0 amide bonds. The van der Waals surface area contributed by atoms with Crippen LogP contribution in [0, 0.1) is 5.92 Å². The molecule has 0 radical (unpaired) electrons. The van der Waals surface area contributed by atoms with Gasteiger partial charge in [0.05, 0.1) is 5.75 Å². The fourth-order valence-corrected chi connectivity index (χ4v) is 5.29. The van der Waals surface area contributed by atoms with Gasteiger partial charge in [0.15, 0.2) is 0 Å². The Morgan fingerprint density at radius 3 is 2.76 bits per heavy atom. The number of piperidine rings is 1. The predicted molar refractivity (Wildman–Crippen MR) is 87.4 cm³/mol. The van der Waals surface area contributed by atoms with Gasteiger partial charge in [-0.05, 0) is 36.9 Å². The molecular formula is C14H20Cl2N2O2S. The number of nitrogens with zero attached hydrogens (tertiary/aromatic N) is 1. The van der Waals surface area contributed by atoms with Crippen molar-refractivity contribution >= 4 is 34.0 Å². The lowest BCUT2D eigenvalue weighted by molar-refractivity contribution is 0.230. The molecular weight excluding hydrogens is 331 g/mol. The Bertz CT molecular complexity index is 590. The molecule has 1 aromatic carbocycles. The van der Waals surface area contributed by atoms with E-state index in [4.69, 9.17) is 11.6 Å². The fraction of sp³-hybridized carbons (Fsp3) is 0.571. The molecule has 2 bridgehead atoms.